The minimum Gasteiger partial charge on any atom is -0.489 e. The number of alkyl halides is 3. The number of carboxylic acid groups (broad SMARTS) is 1. The molecule has 1 saturated carbocycles. The molecule has 42 heavy (non-hydrogen) atoms. The zero-order chi connectivity index (χ0) is 30.4. The fraction of sp³-hybridized carbons (Fsp3) is 0.267. The molecular weight excluding hydrogens is 555 g/mol. The van der Waals surface area contributed by atoms with Crippen molar-refractivity contribution < 1.29 is 42.6 Å². The third kappa shape index (κ3) is 7.32. The van der Waals surface area contributed by atoms with Crippen LogP contribution in [0.25, 0.3) is 21.7 Å². The Kier molecular flexibility index (Phi) is 9.26. The van der Waals surface area contributed by atoms with Crippen molar-refractivity contribution in [3.63, 3.8) is 0 Å². The third-order valence-electron chi connectivity index (χ3n) is 6.92. The van der Waals surface area contributed by atoms with E-state index in [-0.39, 0.29) is 11.9 Å². The molecule has 2 unspecified atom stereocenters. The summed E-state index contributed by atoms with van der Waals surface area (Å²) in [5.41, 5.74) is 5.22. The molecule has 1 fully saturated rings. The number of aryl methyl sites for hydroxylation is 1. The van der Waals surface area contributed by atoms with Crippen molar-refractivity contribution >= 4 is 39.5 Å². The van der Waals surface area contributed by atoms with Crippen LogP contribution in [-0.2, 0) is 16.2 Å². The summed E-state index contributed by atoms with van der Waals surface area (Å²) in [5, 5.41) is 22.0. The van der Waals surface area contributed by atoms with Gasteiger partial charge in [-0.25, -0.2) is 10.3 Å². The first-order valence-corrected chi connectivity index (χ1v) is 13.0. The second kappa shape index (κ2) is 12.9. The number of carbonyl (C=O) groups excluding carboxylic acids is 2. The van der Waals surface area contributed by atoms with Gasteiger partial charge in [0.1, 0.15) is 12.4 Å². The van der Waals surface area contributed by atoms with Crippen LogP contribution in [0, 0.1) is 12.8 Å². The molecule has 9 nitrogen and oxygen atoms in total. The Morgan fingerprint density at radius 3 is 2.40 bits per heavy atom. The van der Waals surface area contributed by atoms with E-state index in [0.29, 0.717) is 25.0 Å². The molecule has 1 heterocycles. The topological polar surface area (TPSA) is 138 Å². The number of benzene rings is 3. The van der Waals surface area contributed by atoms with E-state index in [1.165, 1.54) is 0 Å². The number of pyridine rings is 1. The highest BCUT2D eigenvalue weighted by Crippen LogP contribution is 2.28. The fourth-order valence-electron chi connectivity index (χ4n) is 4.91. The number of nitrogens with zero attached hydrogens (tertiary/aromatic N) is 1. The predicted octanol–water partition coefficient (Wildman–Crippen LogP) is 5.31. The number of halogens is 3. The molecule has 0 spiro atoms. The van der Waals surface area contributed by atoms with Crippen molar-refractivity contribution in [2.45, 2.75) is 45.0 Å². The van der Waals surface area contributed by atoms with Crippen LogP contribution in [0.15, 0.2) is 66.7 Å². The van der Waals surface area contributed by atoms with E-state index in [2.05, 4.69) is 16.4 Å². The van der Waals surface area contributed by atoms with E-state index in [1.54, 1.807) is 11.5 Å². The molecule has 4 N–H and O–H groups in total. The average molecular weight is 584 g/mol. The lowest BCUT2D eigenvalue weighted by atomic mass is 10.0. The van der Waals surface area contributed by atoms with E-state index in [1.807, 2.05) is 61.5 Å². The Morgan fingerprint density at radius 2 is 1.69 bits per heavy atom. The van der Waals surface area contributed by atoms with Gasteiger partial charge in [-0.15, -0.1) is 0 Å². The zero-order valence-corrected chi connectivity index (χ0v) is 22.4. The van der Waals surface area contributed by atoms with E-state index in [9.17, 15) is 22.8 Å². The van der Waals surface area contributed by atoms with Crippen LogP contribution in [-0.4, -0.2) is 45.3 Å². The van der Waals surface area contributed by atoms with Gasteiger partial charge in [0.2, 0.25) is 5.91 Å². The number of hydrogen-bond acceptors (Lipinski definition) is 6. The molecule has 2 amide bonds. The average Bonchev–Trinajstić information content (AvgIpc) is 3.42. The Balaban J connectivity index is 0.000000517. The van der Waals surface area contributed by atoms with E-state index >= 15 is 0 Å². The van der Waals surface area contributed by atoms with Gasteiger partial charge in [0, 0.05) is 28.2 Å². The summed E-state index contributed by atoms with van der Waals surface area (Å²) >= 11 is 0. The van der Waals surface area contributed by atoms with E-state index in [0.717, 1.165) is 45.1 Å². The number of hydroxylamine groups is 1. The standard InChI is InChI=1S/C28H27N3O4.C2HF3O2/c1-17-13-21(23-5-2-3-7-25(23)29-17)16-35-22-12-11-18-14-20(10-9-19(18)15-22)27(32)30-26-8-4-6-24(26)28(33)31-34;3-2(4,5)1(6)7/h2-3,5,7,9-15,24,26,34H,4,6,8,16H2,1H3,(H,30,32)(H,31,33);(H,6,7). The van der Waals surface area contributed by atoms with E-state index in [4.69, 9.17) is 19.8 Å². The number of para-hydroxylation sites is 1. The molecule has 0 bridgehead atoms. The van der Waals surface area contributed by atoms with Crippen LogP contribution in [0.2, 0.25) is 0 Å². The largest absolute Gasteiger partial charge is 0.490 e. The summed E-state index contributed by atoms with van der Waals surface area (Å²) in [5.74, 6) is -3.10. The Hall–Kier alpha value is -4.71. The van der Waals surface area contributed by atoms with Gasteiger partial charge in [-0.1, -0.05) is 36.8 Å². The summed E-state index contributed by atoms with van der Waals surface area (Å²) < 4.78 is 37.8. The Labute approximate surface area is 238 Å². The molecule has 1 aromatic heterocycles. The number of aromatic nitrogens is 1. The first-order valence-electron chi connectivity index (χ1n) is 13.0. The molecule has 3 aromatic carbocycles. The maximum atomic E-state index is 12.8. The molecule has 1 aliphatic carbocycles. The van der Waals surface area contributed by atoms with Crippen molar-refractivity contribution in [1.29, 1.82) is 0 Å². The lowest BCUT2D eigenvalue weighted by Gasteiger charge is -2.19. The molecule has 1 aliphatic rings. The van der Waals surface area contributed by atoms with Crippen LogP contribution in [0.3, 0.4) is 0 Å². The highest BCUT2D eigenvalue weighted by molar-refractivity contribution is 5.99. The summed E-state index contributed by atoms with van der Waals surface area (Å²) in [6.45, 7) is 2.41. The normalized spacial score (nSPS) is 16.4. The fourth-order valence-corrected chi connectivity index (χ4v) is 4.91. The maximum absolute atomic E-state index is 12.8. The van der Waals surface area contributed by atoms with Crippen LogP contribution >= 0.6 is 0 Å². The van der Waals surface area contributed by atoms with Crippen molar-refractivity contribution in [3.8, 4) is 5.75 Å². The van der Waals surface area contributed by atoms with E-state index < -0.39 is 24.0 Å². The van der Waals surface area contributed by atoms with Gasteiger partial charge in [0.05, 0.1) is 11.4 Å². The van der Waals surface area contributed by atoms with Crippen molar-refractivity contribution in [3.05, 3.63) is 83.6 Å². The number of aliphatic carboxylic acids is 1. The number of hydrogen-bond donors (Lipinski definition) is 4. The summed E-state index contributed by atoms with van der Waals surface area (Å²) in [7, 11) is 0. The number of rotatable bonds is 6. The molecule has 12 heteroatoms. The maximum Gasteiger partial charge on any atom is 0.490 e. The zero-order valence-electron chi connectivity index (χ0n) is 22.4. The van der Waals surface area contributed by atoms with Gasteiger partial charge in [0.25, 0.3) is 5.91 Å². The SMILES string of the molecule is Cc1cc(COc2ccc3cc(C(=O)NC4CCCC4C(=O)NO)ccc3c2)c2ccccc2n1.O=C(O)C(F)(F)F. The number of ether oxygens (including phenoxy) is 1. The predicted molar refractivity (Wildman–Crippen MR) is 147 cm³/mol. The van der Waals surface area contributed by atoms with Crippen molar-refractivity contribution in [2.24, 2.45) is 5.92 Å². The van der Waals surface area contributed by atoms with Gasteiger partial charge < -0.3 is 15.2 Å². The lowest BCUT2D eigenvalue weighted by Crippen LogP contribution is -2.43. The van der Waals surface area contributed by atoms with Crippen LogP contribution in [0.5, 0.6) is 5.75 Å². The number of nitrogens with one attached hydrogen (secondary N) is 2. The van der Waals surface area contributed by atoms with Gasteiger partial charge in [-0.2, -0.15) is 13.2 Å². The quantitative estimate of drug-likeness (QED) is 0.178. The molecule has 0 saturated heterocycles. The van der Waals surface area contributed by atoms with Crippen molar-refractivity contribution in [1.82, 2.24) is 15.8 Å². The van der Waals surface area contributed by atoms with Crippen LogP contribution < -0.4 is 15.5 Å². The van der Waals surface area contributed by atoms with Gasteiger partial charge in [0.15, 0.2) is 0 Å². The molecule has 0 aliphatic heterocycles. The minimum atomic E-state index is -5.08. The Morgan fingerprint density at radius 1 is 1.00 bits per heavy atom. The second-order valence-corrected chi connectivity index (χ2v) is 9.85. The summed E-state index contributed by atoms with van der Waals surface area (Å²) in [6.07, 6.45) is -2.89. The smallest absolute Gasteiger partial charge is 0.489 e. The van der Waals surface area contributed by atoms with Gasteiger partial charge in [-0.05, 0) is 66.9 Å². The molecule has 0 radical (unpaired) electrons. The van der Waals surface area contributed by atoms with Gasteiger partial charge >= 0.3 is 12.1 Å². The minimum absolute atomic E-state index is 0.227. The number of carbonyl (C=O) groups is 3. The molecular formula is C30H28F3N3O6. The van der Waals surface area contributed by atoms with Crippen molar-refractivity contribution in [2.75, 3.05) is 0 Å². The summed E-state index contributed by atoms with van der Waals surface area (Å²) in [6, 6.07) is 21.1. The lowest BCUT2D eigenvalue weighted by molar-refractivity contribution is -0.192. The molecule has 220 valence electrons. The second-order valence-electron chi connectivity index (χ2n) is 9.85. The number of fused-ring (bicyclic) bond motifs is 2. The monoisotopic (exact) mass is 583 g/mol. The Bertz CT molecular complexity index is 1630. The first-order chi connectivity index (χ1) is 20.0. The molecule has 5 rings (SSSR count). The molecule has 4 aromatic rings. The summed E-state index contributed by atoms with van der Waals surface area (Å²) in [4.78, 5) is 38.2. The van der Waals surface area contributed by atoms with Gasteiger partial charge in [-0.3, -0.25) is 19.8 Å². The highest BCUT2D eigenvalue weighted by Gasteiger charge is 2.38. The number of carboxylic acids is 1. The van der Waals surface area contributed by atoms with Crippen LogP contribution in [0.4, 0.5) is 13.2 Å². The number of amides is 2. The van der Waals surface area contributed by atoms with Crippen LogP contribution in [0.1, 0.15) is 40.9 Å². The molecule has 2 atom stereocenters. The first kappa shape index (κ1) is 30.3. The highest BCUT2D eigenvalue weighted by atomic mass is 19.4. The third-order valence-corrected chi connectivity index (χ3v) is 6.92.